The van der Waals surface area contributed by atoms with E-state index in [1.54, 1.807) is 26.1 Å². The number of thiazole rings is 1. The third-order valence-electron chi connectivity index (χ3n) is 6.51. The van der Waals surface area contributed by atoms with Gasteiger partial charge in [-0.25, -0.2) is 34.1 Å². The maximum atomic E-state index is 15.1. The van der Waals surface area contributed by atoms with E-state index in [-0.39, 0.29) is 24.3 Å². The molecule has 0 spiro atoms. The molecule has 0 aliphatic heterocycles. The van der Waals surface area contributed by atoms with Crippen molar-refractivity contribution < 1.29 is 33.3 Å². The summed E-state index contributed by atoms with van der Waals surface area (Å²) in [4.78, 5) is 44.9. The van der Waals surface area contributed by atoms with Crippen molar-refractivity contribution in [1.82, 2.24) is 24.9 Å². The highest BCUT2D eigenvalue weighted by molar-refractivity contribution is 7.21. The number of nitrogens with one attached hydrogen (secondary N) is 1. The molecule has 0 unspecified atom stereocenters. The Balaban J connectivity index is 1.27. The molecular formula is C30H29FN6O6S. The van der Waals surface area contributed by atoms with Gasteiger partial charge in [0.1, 0.15) is 23.0 Å². The molecule has 2 aromatic carbocycles. The van der Waals surface area contributed by atoms with Crippen molar-refractivity contribution in [3.63, 3.8) is 0 Å². The maximum absolute atomic E-state index is 15.1. The summed E-state index contributed by atoms with van der Waals surface area (Å²) in [5.41, 5.74) is 3.82. The molecule has 5 rings (SSSR count). The number of carboxylic acid groups (broad SMARTS) is 1. The van der Waals surface area contributed by atoms with E-state index in [4.69, 9.17) is 19.3 Å². The number of hydrogen-bond donors (Lipinski definition) is 2. The van der Waals surface area contributed by atoms with E-state index in [0.717, 1.165) is 11.1 Å². The van der Waals surface area contributed by atoms with Crippen LogP contribution in [0.3, 0.4) is 0 Å². The third-order valence-corrected chi connectivity index (χ3v) is 7.57. The number of aryl methyl sites for hydroxylation is 2. The molecule has 0 saturated carbocycles. The van der Waals surface area contributed by atoms with Crippen LogP contribution in [0.4, 0.5) is 14.9 Å². The number of halogens is 1. The minimum atomic E-state index is -0.954. The van der Waals surface area contributed by atoms with Gasteiger partial charge in [0.25, 0.3) is 0 Å². The van der Waals surface area contributed by atoms with Crippen LogP contribution in [0, 0.1) is 12.7 Å². The summed E-state index contributed by atoms with van der Waals surface area (Å²) in [5, 5.41) is 11.9. The topological polar surface area (TPSA) is 159 Å². The maximum Gasteiger partial charge on any atom is 0.412 e. The Morgan fingerprint density at radius 2 is 1.80 bits per heavy atom. The number of nitrogens with zero attached hydrogens (tertiary/aromatic N) is 5. The molecule has 0 bridgehead atoms. The zero-order chi connectivity index (χ0) is 31.4. The quantitative estimate of drug-likeness (QED) is 0.179. The van der Waals surface area contributed by atoms with Crippen LogP contribution in [-0.4, -0.2) is 60.9 Å². The van der Waals surface area contributed by atoms with Gasteiger partial charge in [-0.05, 0) is 45.4 Å². The first-order valence-corrected chi connectivity index (χ1v) is 14.6. The summed E-state index contributed by atoms with van der Waals surface area (Å²) in [5.74, 6) is -0.785. The lowest BCUT2D eigenvalue weighted by Gasteiger charge is -2.22. The van der Waals surface area contributed by atoms with Crippen molar-refractivity contribution >= 4 is 50.3 Å². The van der Waals surface area contributed by atoms with E-state index in [1.807, 2.05) is 26.0 Å². The van der Waals surface area contributed by atoms with Gasteiger partial charge in [0.2, 0.25) is 5.88 Å². The van der Waals surface area contributed by atoms with Crippen LogP contribution >= 0.6 is 11.3 Å². The van der Waals surface area contributed by atoms with Crippen LogP contribution in [0.5, 0.6) is 11.6 Å². The fraction of sp³-hybridized carbons (Fsp3) is 0.300. The smallest absolute Gasteiger partial charge is 0.412 e. The molecule has 0 aliphatic rings. The van der Waals surface area contributed by atoms with Crippen molar-refractivity contribution in [2.75, 3.05) is 11.9 Å². The molecule has 14 heteroatoms. The van der Waals surface area contributed by atoms with E-state index >= 15 is 4.39 Å². The first kappa shape index (κ1) is 30.5. The fourth-order valence-corrected chi connectivity index (χ4v) is 5.23. The Kier molecular flexibility index (Phi) is 9.09. The van der Waals surface area contributed by atoms with Crippen molar-refractivity contribution in [2.24, 2.45) is 0 Å². The molecule has 0 aliphatic carbocycles. The zero-order valence-electron chi connectivity index (χ0n) is 24.3. The minimum absolute atomic E-state index is 0.00310. The summed E-state index contributed by atoms with van der Waals surface area (Å²) in [7, 11) is 0. The van der Waals surface area contributed by atoms with E-state index in [9.17, 15) is 9.59 Å². The molecule has 2 atom stereocenters. The molecule has 12 nitrogen and oxygen atoms in total. The molecule has 44 heavy (non-hydrogen) atoms. The van der Waals surface area contributed by atoms with E-state index in [0.29, 0.717) is 44.6 Å². The van der Waals surface area contributed by atoms with Crippen molar-refractivity contribution in [3.8, 4) is 22.2 Å². The summed E-state index contributed by atoms with van der Waals surface area (Å²) >= 11 is 1.37. The van der Waals surface area contributed by atoms with Crippen LogP contribution in [0.1, 0.15) is 38.6 Å². The SMILES string of the molecule is CCOc1cnc2c(-c3nc4cc(F)c(O[C@@H](C)[C@@H](C)OC(=O)Nc5cnc(CCC(=O)O)nc5)cc4s3)cc(C)cc2n1. The highest BCUT2D eigenvalue weighted by Crippen LogP contribution is 2.37. The van der Waals surface area contributed by atoms with Gasteiger partial charge in [-0.3, -0.25) is 10.1 Å². The average Bonchev–Trinajstić information content (AvgIpc) is 3.38. The van der Waals surface area contributed by atoms with Crippen LogP contribution in [0.25, 0.3) is 31.8 Å². The monoisotopic (exact) mass is 620 g/mol. The second kappa shape index (κ2) is 13.1. The van der Waals surface area contributed by atoms with E-state index in [2.05, 4.69) is 30.2 Å². The second-order valence-electron chi connectivity index (χ2n) is 9.93. The van der Waals surface area contributed by atoms with Crippen LogP contribution < -0.4 is 14.8 Å². The van der Waals surface area contributed by atoms with Gasteiger partial charge in [-0.2, -0.15) is 0 Å². The number of fused-ring (bicyclic) bond motifs is 2. The molecule has 2 N–H and O–H groups in total. The number of carbonyl (C=O) groups excluding carboxylic acids is 1. The van der Waals surface area contributed by atoms with Gasteiger partial charge in [0.15, 0.2) is 11.6 Å². The Labute approximate surface area is 255 Å². The molecule has 0 saturated heterocycles. The average molecular weight is 621 g/mol. The van der Waals surface area contributed by atoms with Gasteiger partial charge in [0, 0.05) is 24.1 Å². The second-order valence-corrected chi connectivity index (χ2v) is 11.0. The summed E-state index contributed by atoms with van der Waals surface area (Å²) in [6.07, 6.45) is 2.12. The molecular weight excluding hydrogens is 591 g/mol. The summed E-state index contributed by atoms with van der Waals surface area (Å²) in [6.45, 7) is 7.59. The van der Waals surface area contributed by atoms with E-state index < -0.39 is 30.1 Å². The molecule has 3 aromatic heterocycles. The lowest BCUT2D eigenvalue weighted by molar-refractivity contribution is -0.137. The first-order valence-electron chi connectivity index (χ1n) is 13.8. The van der Waals surface area contributed by atoms with Gasteiger partial charge in [-0.15, -0.1) is 11.3 Å². The predicted octanol–water partition coefficient (Wildman–Crippen LogP) is 5.96. The Bertz CT molecular complexity index is 1830. The largest absolute Gasteiger partial charge is 0.484 e. The number of amides is 1. The Morgan fingerprint density at radius 3 is 2.52 bits per heavy atom. The molecule has 0 fully saturated rings. The van der Waals surface area contributed by atoms with Crippen molar-refractivity contribution in [3.05, 3.63) is 60.1 Å². The number of rotatable bonds is 11. The number of carbonyl (C=O) groups is 2. The van der Waals surface area contributed by atoms with Gasteiger partial charge in [-0.1, -0.05) is 0 Å². The third kappa shape index (κ3) is 7.14. The van der Waals surface area contributed by atoms with Gasteiger partial charge in [0.05, 0.1) is 58.6 Å². The summed E-state index contributed by atoms with van der Waals surface area (Å²) in [6, 6.07) is 6.78. The predicted molar refractivity (Wildman–Crippen MR) is 162 cm³/mol. The van der Waals surface area contributed by atoms with Crippen molar-refractivity contribution in [1.29, 1.82) is 0 Å². The molecule has 3 heterocycles. The molecule has 228 valence electrons. The van der Waals surface area contributed by atoms with Crippen LogP contribution in [0.15, 0.2) is 42.9 Å². The number of carboxylic acids is 1. The lowest BCUT2D eigenvalue weighted by Crippen LogP contribution is -2.32. The standard InChI is InChI=1S/C30H29FN6O6S/c1-5-41-26-14-34-28-19(8-15(2)9-22(28)36-26)29-37-21-10-20(31)23(11-24(21)44-29)42-16(3)17(4)43-30(40)35-18-12-32-25(33-13-18)6-7-27(38)39/h8-14,16-17H,5-7H2,1-4H3,(H,35,40)(H,38,39)/t16-,17+/m0/s1. The van der Waals surface area contributed by atoms with Crippen LogP contribution in [0.2, 0.25) is 0 Å². The fourth-order valence-electron chi connectivity index (χ4n) is 4.24. The highest BCUT2D eigenvalue weighted by Gasteiger charge is 2.22. The van der Waals surface area contributed by atoms with Gasteiger partial charge >= 0.3 is 12.1 Å². The molecule has 1 amide bonds. The van der Waals surface area contributed by atoms with E-state index in [1.165, 1.54) is 29.8 Å². The first-order chi connectivity index (χ1) is 21.1. The number of anilines is 1. The lowest BCUT2D eigenvalue weighted by atomic mass is 10.1. The number of ether oxygens (including phenoxy) is 3. The van der Waals surface area contributed by atoms with Crippen LogP contribution in [-0.2, 0) is 16.0 Å². The zero-order valence-corrected chi connectivity index (χ0v) is 25.1. The molecule has 5 aromatic rings. The Hall–Kier alpha value is -4.98. The Morgan fingerprint density at radius 1 is 1.02 bits per heavy atom. The number of hydrogen-bond acceptors (Lipinski definition) is 11. The number of aliphatic carboxylic acids is 1. The summed E-state index contributed by atoms with van der Waals surface area (Å²) < 4.78 is 32.6. The van der Waals surface area contributed by atoms with Crippen molar-refractivity contribution in [2.45, 2.75) is 52.7 Å². The number of aromatic nitrogens is 5. The van der Waals surface area contributed by atoms with Gasteiger partial charge < -0.3 is 19.3 Å². The normalized spacial score (nSPS) is 12.6. The minimum Gasteiger partial charge on any atom is -0.484 e. The molecule has 0 radical (unpaired) electrons. The number of benzene rings is 2. The highest BCUT2D eigenvalue weighted by atomic mass is 32.1.